The monoisotopic (exact) mass is 293 g/mol. The molecule has 2 heterocycles. The van der Waals surface area contributed by atoms with Gasteiger partial charge in [0.15, 0.2) is 0 Å². The van der Waals surface area contributed by atoms with Gasteiger partial charge in [0.2, 0.25) is 0 Å². The third-order valence-electron chi connectivity index (χ3n) is 4.06. The third-order valence-corrected chi connectivity index (χ3v) is 4.06. The summed E-state index contributed by atoms with van der Waals surface area (Å²) in [5.74, 6) is 0.932. The first kappa shape index (κ1) is 15.8. The van der Waals surface area contributed by atoms with Crippen molar-refractivity contribution >= 4 is 6.03 Å². The molecule has 0 saturated heterocycles. The lowest BCUT2D eigenvalue weighted by Crippen LogP contribution is -2.43. The van der Waals surface area contributed by atoms with Gasteiger partial charge in [0.1, 0.15) is 5.82 Å². The number of H-pyrrole nitrogens is 1. The Morgan fingerprint density at radius 3 is 2.90 bits per heavy atom. The summed E-state index contributed by atoms with van der Waals surface area (Å²) in [5.41, 5.74) is 2.19. The van der Waals surface area contributed by atoms with E-state index in [0.29, 0.717) is 6.54 Å². The number of carbonyl (C=O) groups excluding carboxylic acids is 1. The van der Waals surface area contributed by atoms with E-state index < -0.39 is 0 Å². The SMILES string of the molecule is CCN(CC)CCCNC(=O)N1CCc2nc(C)[nH]c2C1. The Kier molecular flexibility index (Phi) is 5.61. The van der Waals surface area contributed by atoms with E-state index in [1.807, 2.05) is 11.8 Å². The summed E-state index contributed by atoms with van der Waals surface area (Å²) in [7, 11) is 0. The first-order valence-corrected chi connectivity index (χ1v) is 7.93. The number of aromatic nitrogens is 2. The normalized spacial score (nSPS) is 14.4. The Morgan fingerprint density at radius 2 is 2.19 bits per heavy atom. The van der Waals surface area contributed by atoms with Crippen LogP contribution in [-0.4, -0.2) is 58.5 Å². The Labute approximate surface area is 126 Å². The predicted octanol–water partition coefficient (Wildman–Crippen LogP) is 1.52. The molecule has 1 aliphatic heterocycles. The highest BCUT2D eigenvalue weighted by Crippen LogP contribution is 2.16. The zero-order chi connectivity index (χ0) is 15.2. The van der Waals surface area contributed by atoms with Gasteiger partial charge < -0.3 is 20.1 Å². The van der Waals surface area contributed by atoms with Crippen LogP contribution >= 0.6 is 0 Å². The number of aryl methyl sites for hydroxylation is 1. The van der Waals surface area contributed by atoms with E-state index >= 15 is 0 Å². The first-order chi connectivity index (χ1) is 10.1. The Bertz CT molecular complexity index is 467. The maximum Gasteiger partial charge on any atom is 0.317 e. The highest BCUT2D eigenvalue weighted by molar-refractivity contribution is 5.74. The van der Waals surface area contributed by atoms with E-state index in [2.05, 4.69) is 34.0 Å². The van der Waals surface area contributed by atoms with Crippen molar-refractivity contribution in [3.05, 3.63) is 17.2 Å². The minimum absolute atomic E-state index is 0.0347. The molecule has 0 spiro atoms. The maximum absolute atomic E-state index is 12.2. The van der Waals surface area contributed by atoms with Crippen LogP contribution in [-0.2, 0) is 13.0 Å². The molecule has 2 N–H and O–H groups in total. The number of fused-ring (bicyclic) bond motifs is 1. The van der Waals surface area contributed by atoms with Gasteiger partial charge in [-0.25, -0.2) is 9.78 Å². The van der Waals surface area contributed by atoms with Crippen molar-refractivity contribution in [3.8, 4) is 0 Å². The molecule has 6 nitrogen and oxygen atoms in total. The summed E-state index contributed by atoms with van der Waals surface area (Å²) in [6.45, 7) is 11.6. The number of hydrogen-bond acceptors (Lipinski definition) is 3. The molecule has 0 aliphatic carbocycles. The molecule has 0 radical (unpaired) electrons. The van der Waals surface area contributed by atoms with Gasteiger partial charge in [0.05, 0.1) is 17.9 Å². The fraction of sp³-hybridized carbons (Fsp3) is 0.733. The van der Waals surface area contributed by atoms with Gasteiger partial charge in [-0.05, 0) is 33.0 Å². The highest BCUT2D eigenvalue weighted by Gasteiger charge is 2.22. The Morgan fingerprint density at radius 1 is 1.43 bits per heavy atom. The lowest BCUT2D eigenvalue weighted by Gasteiger charge is -2.26. The molecule has 6 heteroatoms. The van der Waals surface area contributed by atoms with Crippen molar-refractivity contribution in [1.29, 1.82) is 0 Å². The minimum atomic E-state index is 0.0347. The van der Waals surface area contributed by atoms with Gasteiger partial charge in [-0.1, -0.05) is 13.8 Å². The summed E-state index contributed by atoms with van der Waals surface area (Å²) in [6.07, 6.45) is 1.84. The fourth-order valence-electron chi connectivity index (χ4n) is 2.76. The van der Waals surface area contributed by atoms with Gasteiger partial charge in [0, 0.05) is 19.5 Å². The van der Waals surface area contributed by atoms with Gasteiger partial charge in [0.25, 0.3) is 0 Å². The lowest BCUT2D eigenvalue weighted by molar-refractivity contribution is 0.190. The summed E-state index contributed by atoms with van der Waals surface area (Å²) >= 11 is 0. The molecule has 2 amide bonds. The molecule has 0 bridgehead atoms. The molecular formula is C15H27N5O. The van der Waals surface area contributed by atoms with E-state index in [9.17, 15) is 4.79 Å². The number of hydrogen-bond donors (Lipinski definition) is 2. The largest absolute Gasteiger partial charge is 0.344 e. The fourth-order valence-corrected chi connectivity index (χ4v) is 2.76. The number of carbonyl (C=O) groups is 1. The molecular weight excluding hydrogens is 266 g/mol. The maximum atomic E-state index is 12.2. The van der Waals surface area contributed by atoms with Gasteiger partial charge in [-0.3, -0.25) is 0 Å². The summed E-state index contributed by atoms with van der Waals surface area (Å²) in [5, 5.41) is 3.02. The van der Waals surface area contributed by atoms with Crippen molar-refractivity contribution in [3.63, 3.8) is 0 Å². The summed E-state index contributed by atoms with van der Waals surface area (Å²) in [4.78, 5) is 24.1. The van der Waals surface area contributed by atoms with E-state index in [-0.39, 0.29) is 6.03 Å². The van der Waals surface area contributed by atoms with E-state index in [1.54, 1.807) is 0 Å². The molecule has 0 atom stereocenters. The van der Waals surface area contributed by atoms with Crippen LogP contribution < -0.4 is 5.32 Å². The molecule has 1 aromatic rings. The molecule has 0 unspecified atom stereocenters. The van der Waals surface area contributed by atoms with Crippen LogP contribution in [0.15, 0.2) is 0 Å². The standard InChI is InChI=1S/C15H27N5O/c1-4-19(5-2)9-6-8-16-15(21)20-10-7-13-14(11-20)18-12(3)17-13/h4-11H2,1-3H3,(H,16,21)(H,17,18). The zero-order valence-corrected chi connectivity index (χ0v) is 13.4. The average molecular weight is 293 g/mol. The summed E-state index contributed by atoms with van der Waals surface area (Å²) in [6, 6.07) is 0.0347. The predicted molar refractivity (Wildman–Crippen MR) is 83.2 cm³/mol. The number of urea groups is 1. The van der Waals surface area contributed by atoms with Crippen LogP contribution in [0.3, 0.4) is 0 Å². The smallest absolute Gasteiger partial charge is 0.317 e. The van der Waals surface area contributed by atoms with E-state index in [4.69, 9.17) is 0 Å². The average Bonchev–Trinajstić information content (AvgIpc) is 2.86. The number of aromatic amines is 1. The number of amides is 2. The second kappa shape index (κ2) is 7.45. The van der Waals surface area contributed by atoms with Crippen molar-refractivity contribution in [1.82, 2.24) is 25.1 Å². The highest BCUT2D eigenvalue weighted by atomic mass is 16.2. The van der Waals surface area contributed by atoms with Crippen molar-refractivity contribution in [2.75, 3.05) is 32.7 Å². The Hall–Kier alpha value is -1.56. The number of nitrogens with one attached hydrogen (secondary N) is 2. The Balaban J connectivity index is 1.72. The molecule has 2 rings (SSSR count). The third kappa shape index (κ3) is 4.20. The van der Waals surface area contributed by atoms with Crippen LogP contribution in [0, 0.1) is 6.92 Å². The molecule has 118 valence electrons. The molecule has 0 fully saturated rings. The van der Waals surface area contributed by atoms with Crippen LogP contribution in [0.2, 0.25) is 0 Å². The van der Waals surface area contributed by atoms with Crippen LogP contribution in [0.4, 0.5) is 4.79 Å². The van der Waals surface area contributed by atoms with Crippen molar-refractivity contribution in [2.45, 2.75) is 40.2 Å². The molecule has 21 heavy (non-hydrogen) atoms. The number of rotatable bonds is 6. The van der Waals surface area contributed by atoms with Crippen LogP contribution in [0.1, 0.15) is 37.5 Å². The zero-order valence-electron chi connectivity index (χ0n) is 13.4. The molecule has 1 aromatic heterocycles. The quantitative estimate of drug-likeness (QED) is 0.782. The molecule has 0 aromatic carbocycles. The van der Waals surface area contributed by atoms with Gasteiger partial charge in [-0.2, -0.15) is 0 Å². The van der Waals surface area contributed by atoms with Crippen molar-refractivity contribution < 1.29 is 4.79 Å². The minimum Gasteiger partial charge on any atom is -0.344 e. The van der Waals surface area contributed by atoms with Gasteiger partial charge >= 0.3 is 6.03 Å². The number of imidazole rings is 1. The molecule has 1 aliphatic rings. The topological polar surface area (TPSA) is 64.3 Å². The van der Waals surface area contributed by atoms with Crippen molar-refractivity contribution in [2.24, 2.45) is 0 Å². The van der Waals surface area contributed by atoms with Crippen LogP contribution in [0.5, 0.6) is 0 Å². The lowest BCUT2D eigenvalue weighted by atomic mass is 10.1. The van der Waals surface area contributed by atoms with Crippen LogP contribution in [0.25, 0.3) is 0 Å². The second-order valence-corrected chi connectivity index (χ2v) is 5.53. The van der Waals surface area contributed by atoms with Gasteiger partial charge in [-0.15, -0.1) is 0 Å². The first-order valence-electron chi connectivity index (χ1n) is 7.93. The van der Waals surface area contributed by atoms with E-state index in [0.717, 1.165) is 62.8 Å². The molecule has 0 saturated carbocycles. The number of nitrogens with zero attached hydrogens (tertiary/aromatic N) is 3. The van der Waals surface area contributed by atoms with E-state index in [1.165, 1.54) is 0 Å². The second-order valence-electron chi connectivity index (χ2n) is 5.53. The summed E-state index contributed by atoms with van der Waals surface area (Å²) < 4.78 is 0.